The summed E-state index contributed by atoms with van der Waals surface area (Å²) in [6.45, 7) is 13.1. The van der Waals surface area contributed by atoms with Gasteiger partial charge in [0, 0.05) is 30.2 Å². The summed E-state index contributed by atoms with van der Waals surface area (Å²) < 4.78 is 11.3. The minimum absolute atomic E-state index is 0.0120. The van der Waals surface area contributed by atoms with E-state index < -0.39 is 11.6 Å². The molecule has 0 unspecified atom stereocenters. The maximum absolute atomic E-state index is 12.8. The molecule has 0 atom stereocenters. The Labute approximate surface area is 198 Å². The van der Waals surface area contributed by atoms with Crippen LogP contribution in [0.25, 0.3) is 11.0 Å². The fourth-order valence-corrected chi connectivity index (χ4v) is 4.77. The number of hydrogen-bond acceptors (Lipinski definition) is 5. The van der Waals surface area contributed by atoms with Crippen molar-refractivity contribution in [3.63, 3.8) is 0 Å². The van der Waals surface area contributed by atoms with Crippen molar-refractivity contribution in [2.24, 2.45) is 11.3 Å². The average molecular weight is 456 g/mol. The molecule has 1 fully saturated rings. The highest BCUT2D eigenvalue weighted by Crippen LogP contribution is 2.38. The molecule has 1 heterocycles. The number of hydrogen-bond donors (Lipinski definition) is 0. The van der Waals surface area contributed by atoms with Gasteiger partial charge in [-0.05, 0) is 68.1 Å². The highest BCUT2D eigenvalue weighted by atomic mass is 16.5. The van der Waals surface area contributed by atoms with E-state index in [0.717, 1.165) is 75.5 Å². The molecule has 1 aromatic heterocycles. The van der Waals surface area contributed by atoms with E-state index in [9.17, 15) is 9.59 Å². The van der Waals surface area contributed by atoms with Crippen LogP contribution in [-0.4, -0.2) is 25.2 Å². The third-order valence-electron chi connectivity index (χ3n) is 7.04. The number of benzene rings is 1. The van der Waals surface area contributed by atoms with E-state index in [1.807, 2.05) is 12.1 Å². The summed E-state index contributed by atoms with van der Waals surface area (Å²) in [5.41, 5.74) is 1.20. The van der Waals surface area contributed by atoms with Crippen LogP contribution < -0.4 is 10.5 Å². The molecule has 1 aliphatic carbocycles. The van der Waals surface area contributed by atoms with Gasteiger partial charge in [0.15, 0.2) is 0 Å². The Balaban J connectivity index is 1.73. The molecule has 0 spiro atoms. The minimum atomic E-state index is -0.623. The molecule has 1 saturated carbocycles. The maximum Gasteiger partial charge on any atom is 0.351 e. The topological polar surface area (TPSA) is 59.8 Å². The van der Waals surface area contributed by atoms with Gasteiger partial charge in [-0.3, -0.25) is 0 Å². The molecule has 1 aliphatic rings. The Morgan fingerprint density at radius 1 is 1.03 bits per heavy atom. The maximum atomic E-state index is 12.8. The van der Waals surface area contributed by atoms with Crippen molar-refractivity contribution in [2.45, 2.75) is 92.1 Å². The average Bonchev–Trinajstić information content (AvgIpc) is 2.78. The number of fused-ring (bicyclic) bond motifs is 1. The summed E-state index contributed by atoms with van der Waals surface area (Å²) in [4.78, 5) is 27.8. The molecular formula is C28H41NO4. The predicted octanol–water partition coefficient (Wildman–Crippen LogP) is 6.96. The second-order valence-electron chi connectivity index (χ2n) is 10.6. The molecule has 0 aliphatic heterocycles. The van der Waals surface area contributed by atoms with Crippen LogP contribution in [0.1, 0.15) is 96.3 Å². The van der Waals surface area contributed by atoms with Gasteiger partial charge in [-0.1, -0.05) is 47.5 Å². The van der Waals surface area contributed by atoms with Crippen molar-refractivity contribution in [1.29, 1.82) is 0 Å². The number of carbonyl (C=O) groups excluding carboxylic acids is 1. The van der Waals surface area contributed by atoms with Crippen molar-refractivity contribution < 1.29 is 13.9 Å². The lowest BCUT2D eigenvalue weighted by molar-refractivity contribution is 0.00892. The van der Waals surface area contributed by atoms with Gasteiger partial charge in [0.05, 0.1) is 0 Å². The van der Waals surface area contributed by atoms with Gasteiger partial charge >= 0.3 is 11.6 Å². The number of esters is 1. The zero-order valence-electron chi connectivity index (χ0n) is 21.1. The van der Waals surface area contributed by atoms with Crippen molar-refractivity contribution in [1.82, 2.24) is 0 Å². The van der Waals surface area contributed by atoms with Crippen molar-refractivity contribution in [2.75, 3.05) is 18.0 Å². The Morgan fingerprint density at radius 3 is 2.24 bits per heavy atom. The monoisotopic (exact) mass is 455 g/mol. The van der Waals surface area contributed by atoms with Crippen LogP contribution in [0.2, 0.25) is 0 Å². The molecule has 0 radical (unpaired) electrons. The standard InChI is InChI=1S/C28H41NO4/c1-6-8-16-29(17-9-7-2)22-13-10-20-18-24(27(31)33-25(20)19-22)26(30)32-23-14-11-21(12-15-23)28(3,4)5/h10,13,18-19,21,23H,6-9,11-12,14-17H2,1-5H3. The van der Waals surface area contributed by atoms with Gasteiger partial charge in [-0.15, -0.1) is 0 Å². The summed E-state index contributed by atoms with van der Waals surface area (Å²) in [6.07, 6.45) is 8.17. The summed E-state index contributed by atoms with van der Waals surface area (Å²) >= 11 is 0. The molecule has 5 nitrogen and oxygen atoms in total. The first-order valence-electron chi connectivity index (χ1n) is 12.8. The summed E-state index contributed by atoms with van der Waals surface area (Å²) in [5, 5.41) is 0.743. The second kappa shape index (κ2) is 11.2. The zero-order chi connectivity index (χ0) is 24.0. The van der Waals surface area contributed by atoms with Crippen molar-refractivity contribution >= 4 is 22.6 Å². The quantitative estimate of drug-likeness (QED) is 0.302. The summed E-state index contributed by atoms with van der Waals surface area (Å²) in [6, 6.07) is 7.53. The fourth-order valence-electron chi connectivity index (χ4n) is 4.77. The lowest BCUT2D eigenvalue weighted by atomic mass is 9.72. The van der Waals surface area contributed by atoms with Crippen LogP contribution in [-0.2, 0) is 4.74 Å². The first kappa shape index (κ1) is 25.3. The van der Waals surface area contributed by atoms with E-state index in [1.54, 1.807) is 6.07 Å². The van der Waals surface area contributed by atoms with Gasteiger partial charge in [0.2, 0.25) is 0 Å². The largest absolute Gasteiger partial charge is 0.459 e. The lowest BCUT2D eigenvalue weighted by Gasteiger charge is -2.36. The lowest BCUT2D eigenvalue weighted by Crippen LogP contribution is -2.31. The van der Waals surface area contributed by atoms with E-state index in [1.165, 1.54) is 0 Å². The second-order valence-corrected chi connectivity index (χ2v) is 10.6. The fraction of sp³-hybridized carbons (Fsp3) is 0.643. The number of rotatable bonds is 9. The molecule has 3 rings (SSSR count). The smallest absolute Gasteiger partial charge is 0.351 e. The molecule has 182 valence electrons. The van der Waals surface area contributed by atoms with Crippen LogP contribution >= 0.6 is 0 Å². The molecule has 2 aromatic rings. The van der Waals surface area contributed by atoms with Crippen LogP contribution in [0, 0.1) is 11.3 Å². The molecule has 0 bridgehead atoms. The van der Waals surface area contributed by atoms with Crippen LogP contribution in [0.5, 0.6) is 0 Å². The van der Waals surface area contributed by atoms with Crippen molar-refractivity contribution in [3.8, 4) is 0 Å². The van der Waals surface area contributed by atoms with E-state index >= 15 is 0 Å². The minimum Gasteiger partial charge on any atom is -0.459 e. The summed E-state index contributed by atoms with van der Waals surface area (Å²) in [5.74, 6) is 0.0723. The Hall–Kier alpha value is -2.30. The highest BCUT2D eigenvalue weighted by molar-refractivity contribution is 5.93. The molecular weight excluding hydrogens is 414 g/mol. The molecule has 33 heavy (non-hydrogen) atoms. The van der Waals surface area contributed by atoms with Gasteiger partial charge in [0.25, 0.3) is 0 Å². The first-order valence-corrected chi connectivity index (χ1v) is 12.8. The molecule has 0 N–H and O–H groups in total. The van der Waals surface area contributed by atoms with Crippen LogP contribution in [0.15, 0.2) is 33.5 Å². The van der Waals surface area contributed by atoms with Crippen LogP contribution in [0.3, 0.4) is 0 Å². The molecule has 5 heteroatoms. The van der Waals surface area contributed by atoms with Gasteiger partial charge in [-0.25, -0.2) is 9.59 Å². The Kier molecular flexibility index (Phi) is 8.61. The Bertz CT molecular complexity index is 972. The number of nitrogens with zero attached hydrogens (tertiary/aromatic N) is 1. The molecule has 0 saturated heterocycles. The third-order valence-corrected chi connectivity index (χ3v) is 7.04. The van der Waals surface area contributed by atoms with Gasteiger partial charge in [0.1, 0.15) is 17.3 Å². The number of ether oxygens (including phenoxy) is 1. The normalized spacial score (nSPS) is 18.9. The third kappa shape index (κ3) is 6.61. The highest BCUT2D eigenvalue weighted by Gasteiger charge is 2.31. The van der Waals surface area contributed by atoms with E-state index in [2.05, 4.69) is 45.6 Å². The first-order chi connectivity index (χ1) is 15.7. The number of unbranched alkanes of at least 4 members (excludes halogenated alkanes) is 2. The van der Waals surface area contributed by atoms with Gasteiger partial charge < -0.3 is 14.1 Å². The Morgan fingerprint density at radius 2 is 1.67 bits per heavy atom. The van der Waals surface area contributed by atoms with Crippen LogP contribution in [0.4, 0.5) is 5.69 Å². The molecule has 0 amide bonds. The summed E-state index contributed by atoms with van der Waals surface area (Å²) in [7, 11) is 0. The number of anilines is 1. The predicted molar refractivity (Wildman–Crippen MR) is 135 cm³/mol. The SMILES string of the molecule is CCCCN(CCCC)c1ccc2cc(C(=O)OC3CCC(C(C)(C)C)CC3)c(=O)oc2c1. The van der Waals surface area contributed by atoms with Crippen molar-refractivity contribution in [3.05, 3.63) is 40.2 Å². The van der Waals surface area contributed by atoms with E-state index in [4.69, 9.17) is 9.15 Å². The molecule has 1 aromatic carbocycles. The zero-order valence-corrected chi connectivity index (χ0v) is 21.1. The number of carbonyl (C=O) groups is 1. The van der Waals surface area contributed by atoms with E-state index in [0.29, 0.717) is 11.5 Å². The van der Waals surface area contributed by atoms with Gasteiger partial charge in [-0.2, -0.15) is 0 Å². The van der Waals surface area contributed by atoms with E-state index in [-0.39, 0.29) is 17.1 Å².